The number of carbonyl (C=O) groups excluding carboxylic acids is 1. The number of pyridine rings is 1. The summed E-state index contributed by atoms with van der Waals surface area (Å²) >= 11 is 0. The maximum absolute atomic E-state index is 11.8. The van der Waals surface area contributed by atoms with Crippen LogP contribution >= 0.6 is 0 Å². The van der Waals surface area contributed by atoms with Gasteiger partial charge in [-0.05, 0) is 19.9 Å². The van der Waals surface area contributed by atoms with E-state index in [1.165, 1.54) is 18.3 Å². The van der Waals surface area contributed by atoms with E-state index in [1.807, 2.05) is 13.8 Å². The van der Waals surface area contributed by atoms with Gasteiger partial charge in [0.15, 0.2) is 5.82 Å². The van der Waals surface area contributed by atoms with Gasteiger partial charge >= 0.3 is 0 Å². The first-order valence-corrected chi connectivity index (χ1v) is 5.61. The zero-order valence-electron chi connectivity index (χ0n) is 10.2. The van der Waals surface area contributed by atoms with Gasteiger partial charge in [0.25, 0.3) is 5.91 Å². The fourth-order valence-electron chi connectivity index (χ4n) is 1.43. The zero-order chi connectivity index (χ0) is 13.1. The van der Waals surface area contributed by atoms with Crippen molar-refractivity contribution >= 4 is 11.7 Å². The third kappa shape index (κ3) is 2.65. The minimum Gasteiger partial charge on any atom is -0.328 e. The predicted molar refractivity (Wildman–Crippen MR) is 67.6 cm³/mol. The SMILES string of the molecule is CC(C)n1ccc(NC(=O)c2ccc(=O)[nH]c2)n1. The Kier molecular flexibility index (Phi) is 3.27. The molecule has 2 rings (SSSR count). The van der Waals surface area contributed by atoms with Crippen molar-refractivity contribution in [1.82, 2.24) is 14.8 Å². The molecule has 0 aliphatic rings. The fourth-order valence-corrected chi connectivity index (χ4v) is 1.43. The highest BCUT2D eigenvalue weighted by atomic mass is 16.2. The zero-order valence-corrected chi connectivity index (χ0v) is 10.2. The summed E-state index contributed by atoms with van der Waals surface area (Å²) in [5, 5.41) is 6.87. The highest BCUT2D eigenvalue weighted by Crippen LogP contribution is 2.09. The number of amides is 1. The smallest absolute Gasteiger partial charge is 0.258 e. The molecule has 94 valence electrons. The van der Waals surface area contributed by atoms with Crippen LogP contribution in [-0.4, -0.2) is 20.7 Å². The molecule has 2 aromatic heterocycles. The van der Waals surface area contributed by atoms with E-state index >= 15 is 0 Å². The summed E-state index contributed by atoms with van der Waals surface area (Å²) in [7, 11) is 0. The fraction of sp³-hybridized carbons (Fsp3) is 0.250. The topological polar surface area (TPSA) is 79.8 Å². The summed E-state index contributed by atoms with van der Waals surface area (Å²) in [6.07, 6.45) is 3.17. The number of nitrogens with one attached hydrogen (secondary N) is 2. The van der Waals surface area contributed by atoms with Crippen LogP contribution in [0.4, 0.5) is 5.82 Å². The second-order valence-corrected chi connectivity index (χ2v) is 4.17. The third-order valence-electron chi connectivity index (χ3n) is 2.43. The van der Waals surface area contributed by atoms with E-state index in [-0.39, 0.29) is 17.5 Å². The average Bonchev–Trinajstić information content (AvgIpc) is 2.78. The Morgan fingerprint density at radius 1 is 1.39 bits per heavy atom. The van der Waals surface area contributed by atoms with Crippen LogP contribution in [0.2, 0.25) is 0 Å². The molecule has 1 amide bonds. The Labute approximate surface area is 104 Å². The highest BCUT2D eigenvalue weighted by molar-refractivity contribution is 6.03. The number of aromatic amines is 1. The van der Waals surface area contributed by atoms with Crippen LogP contribution in [0.25, 0.3) is 0 Å². The Balaban J connectivity index is 2.11. The molecule has 2 heterocycles. The van der Waals surface area contributed by atoms with Gasteiger partial charge in [-0.15, -0.1) is 0 Å². The maximum atomic E-state index is 11.8. The first-order valence-electron chi connectivity index (χ1n) is 5.61. The highest BCUT2D eigenvalue weighted by Gasteiger charge is 2.08. The Hall–Kier alpha value is -2.37. The second-order valence-electron chi connectivity index (χ2n) is 4.17. The monoisotopic (exact) mass is 246 g/mol. The molecule has 0 saturated heterocycles. The maximum Gasteiger partial charge on any atom is 0.258 e. The summed E-state index contributed by atoms with van der Waals surface area (Å²) in [4.78, 5) is 25.1. The molecule has 0 unspecified atom stereocenters. The van der Waals surface area contributed by atoms with Crippen molar-refractivity contribution in [1.29, 1.82) is 0 Å². The average molecular weight is 246 g/mol. The normalized spacial score (nSPS) is 10.6. The summed E-state index contributed by atoms with van der Waals surface area (Å²) in [6, 6.07) is 4.74. The lowest BCUT2D eigenvalue weighted by Gasteiger charge is -2.04. The van der Waals surface area contributed by atoms with Gasteiger partial charge in [0.1, 0.15) is 0 Å². The van der Waals surface area contributed by atoms with Gasteiger partial charge in [0.2, 0.25) is 5.56 Å². The van der Waals surface area contributed by atoms with Crippen LogP contribution in [0, 0.1) is 0 Å². The van der Waals surface area contributed by atoms with Gasteiger partial charge in [0.05, 0.1) is 5.56 Å². The molecule has 0 aromatic carbocycles. The van der Waals surface area contributed by atoms with Crippen molar-refractivity contribution < 1.29 is 4.79 Å². The molecule has 2 aromatic rings. The molecule has 0 fully saturated rings. The number of nitrogens with zero attached hydrogens (tertiary/aromatic N) is 2. The number of hydrogen-bond donors (Lipinski definition) is 2. The number of carbonyl (C=O) groups is 1. The number of rotatable bonds is 3. The van der Waals surface area contributed by atoms with E-state index in [0.29, 0.717) is 11.4 Å². The molecular weight excluding hydrogens is 232 g/mol. The van der Waals surface area contributed by atoms with Gasteiger partial charge in [-0.3, -0.25) is 14.3 Å². The molecule has 18 heavy (non-hydrogen) atoms. The van der Waals surface area contributed by atoms with Crippen molar-refractivity contribution in [3.63, 3.8) is 0 Å². The first-order chi connectivity index (χ1) is 8.56. The molecule has 0 aliphatic heterocycles. The van der Waals surface area contributed by atoms with Gasteiger partial charge in [-0.1, -0.05) is 0 Å². The van der Waals surface area contributed by atoms with Gasteiger partial charge in [-0.2, -0.15) is 5.10 Å². The molecule has 0 spiro atoms. The van der Waals surface area contributed by atoms with Gasteiger partial charge < -0.3 is 10.3 Å². The van der Waals surface area contributed by atoms with Gasteiger partial charge in [0, 0.05) is 30.6 Å². The van der Waals surface area contributed by atoms with Crippen LogP contribution < -0.4 is 10.9 Å². The van der Waals surface area contributed by atoms with E-state index < -0.39 is 0 Å². The van der Waals surface area contributed by atoms with E-state index in [2.05, 4.69) is 15.4 Å². The minimum atomic E-state index is -0.305. The molecule has 0 radical (unpaired) electrons. The number of hydrogen-bond acceptors (Lipinski definition) is 3. The molecule has 6 heteroatoms. The van der Waals surface area contributed by atoms with Crippen molar-refractivity contribution in [2.24, 2.45) is 0 Å². The molecule has 0 saturated carbocycles. The number of aromatic nitrogens is 3. The largest absolute Gasteiger partial charge is 0.328 e. The van der Waals surface area contributed by atoms with Crippen LogP contribution in [0.1, 0.15) is 30.2 Å². The van der Waals surface area contributed by atoms with E-state index in [4.69, 9.17) is 0 Å². The van der Waals surface area contributed by atoms with Crippen LogP contribution in [-0.2, 0) is 0 Å². The Bertz CT molecular complexity index is 592. The first kappa shape index (κ1) is 12.1. The second kappa shape index (κ2) is 4.87. The summed E-state index contributed by atoms with van der Waals surface area (Å²) in [5.41, 5.74) is 0.143. The third-order valence-corrected chi connectivity index (χ3v) is 2.43. The summed E-state index contributed by atoms with van der Waals surface area (Å²) < 4.78 is 1.75. The predicted octanol–water partition coefficient (Wildman–Crippen LogP) is 1.40. The lowest BCUT2D eigenvalue weighted by molar-refractivity contribution is 0.102. The van der Waals surface area contributed by atoms with Crippen LogP contribution in [0.3, 0.4) is 0 Å². The van der Waals surface area contributed by atoms with Crippen molar-refractivity contribution in [3.05, 3.63) is 46.5 Å². The molecular formula is C12H14N4O2. The summed E-state index contributed by atoms with van der Waals surface area (Å²) in [6.45, 7) is 4.00. The molecule has 0 aliphatic carbocycles. The Morgan fingerprint density at radius 2 is 2.17 bits per heavy atom. The lowest BCUT2D eigenvalue weighted by Crippen LogP contribution is -2.15. The van der Waals surface area contributed by atoms with Crippen molar-refractivity contribution in [2.75, 3.05) is 5.32 Å². The minimum absolute atomic E-state index is 0.240. The van der Waals surface area contributed by atoms with Crippen LogP contribution in [0.5, 0.6) is 0 Å². The number of anilines is 1. The quantitative estimate of drug-likeness (QED) is 0.859. The Morgan fingerprint density at radius 3 is 2.72 bits per heavy atom. The van der Waals surface area contributed by atoms with E-state index in [0.717, 1.165) is 0 Å². The molecule has 6 nitrogen and oxygen atoms in total. The van der Waals surface area contributed by atoms with Gasteiger partial charge in [-0.25, -0.2) is 0 Å². The van der Waals surface area contributed by atoms with E-state index in [9.17, 15) is 9.59 Å². The van der Waals surface area contributed by atoms with E-state index in [1.54, 1.807) is 16.9 Å². The molecule has 0 bridgehead atoms. The molecule has 2 N–H and O–H groups in total. The summed E-state index contributed by atoms with van der Waals surface area (Å²) in [5.74, 6) is 0.181. The van der Waals surface area contributed by atoms with Crippen molar-refractivity contribution in [2.45, 2.75) is 19.9 Å². The van der Waals surface area contributed by atoms with Crippen molar-refractivity contribution in [3.8, 4) is 0 Å². The lowest BCUT2D eigenvalue weighted by atomic mass is 10.3. The standard InChI is InChI=1S/C12H14N4O2/c1-8(2)16-6-5-10(15-16)14-12(18)9-3-4-11(17)13-7-9/h3-8H,1-2H3,(H,13,17)(H,14,15,18). The van der Waals surface area contributed by atoms with Crippen LogP contribution in [0.15, 0.2) is 35.4 Å². The molecule has 0 atom stereocenters. The number of H-pyrrole nitrogens is 1.